The van der Waals surface area contributed by atoms with Crippen LogP contribution in [0.15, 0.2) is 24.8 Å². The molecule has 2 aromatic heterocycles. The van der Waals surface area contributed by atoms with Crippen LogP contribution < -0.4 is 4.53 Å². The molecule has 0 radical (unpaired) electrons. The molecule has 128 valence electrons. The molecule has 0 saturated heterocycles. The Kier molecular flexibility index (Phi) is 4.21. The summed E-state index contributed by atoms with van der Waals surface area (Å²) in [6, 6.07) is 6.78. The highest BCUT2D eigenvalue weighted by molar-refractivity contribution is 7.20. The molecule has 0 spiro atoms. The maximum Gasteiger partial charge on any atom is 0.0358 e. The zero-order chi connectivity index (χ0) is 17.7. The van der Waals surface area contributed by atoms with Crippen molar-refractivity contribution in [3.05, 3.63) is 44.6 Å². The fraction of sp³-hybridized carbons (Fsp3) is 0.304. The van der Waals surface area contributed by atoms with Gasteiger partial charge in [-0.05, 0) is 42.7 Å². The van der Waals surface area contributed by atoms with Gasteiger partial charge in [0.1, 0.15) is 0 Å². The highest BCUT2D eigenvalue weighted by atomic mass is 32.1. The summed E-state index contributed by atoms with van der Waals surface area (Å²) in [6.07, 6.45) is 5.71. The number of aryl methyl sites for hydroxylation is 1. The molecule has 2 aromatic carbocycles. The van der Waals surface area contributed by atoms with Crippen molar-refractivity contribution in [2.24, 2.45) is 0 Å². The number of rotatable bonds is 5. The van der Waals surface area contributed by atoms with Gasteiger partial charge in [0, 0.05) is 40.5 Å². The highest BCUT2D eigenvalue weighted by Gasteiger charge is 2.22. The summed E-state index contributed by atoms with van der Waals surface area (Å²) < 4.78 is 2.59. The standard InChI is InChI=1S/C23H24S2/c1-6-10-15(7-2)23-22-17-11-9-12-18-21(17)19(13(4)24-18)16(8-3)20(22)14(5)25-23/h8-9,11-12,15H,3,5-7,10H2,1-2,4H3. The summed E-state index contributed by atoms with van der Waals surface area (Å²) >= 11 is 3.81. The number of fused-ring (bicyclic) bond motifs is 2. The van der Waals surface area contributed by atoms with Crippen molar-refractivity contribution in [3.8, 4) is 0 Å². The van der Waals surface area contributed by atoms with Crippen LogP contribution in [0.3, 0.4) is 0 Å². The lowest BCUT2D eigenvalue weighted by molar-refractivity contribution is 0.608. The van der Waals surface area contributed by atoms with Crippen LogP contribution in [0.4, 0.5) is 0 Å². The molecule has 0 nitrogen and oxygen atoms in total. The van der Waals surface area contributed by atoms with E-state index in [2.05, 4.69) is 58.2 Å². The summed E-state index contributed by atoms with van der Waals surface area (Å²) in [4.78, 5) is 2.92. The van der Waals surface area contributed by atoms with Crippen molar-refractivity contribution < 1.29 is 0 Å². The predicted molar refractivity (Wildman–Crippen MR) is 118 cm³/mol. The van der Waals surface area contributed by atoms with Crippen molar-refractivity contribution in [1.82, 2.24) is 0 Å². The van der Waals surface area contributed by atoms with Gasteiger partial charge in [-0.2, -0.15) is 0 Å². The van der Waals surface area contributed by atoms with Gasteiger partial charge >= 0.3 is 0 Å². The molecule has 25 heavy (non-hydrogen) atoms. The third-order valence-electron chi connectivity index (χ3n) is 5.41. The van der Waals surface area contributed by atoms with E-state index >= 15 is 0 Å². The maximum atomic E-state index is 4.43. The van der Waals surface area contributed by atoms with E-state index in [-0.39, 0.29) is 0 Å². The van der Waals surface area contributed by atoms with E-state index < -0.39 is 0 Å². The zero-order valence-electron chi connectivity index (χ0n) is 15.2. The van der Waals surface area contributed by atoms with E-state index in [1.807, 2.05) is 22.7 Å². The lowest BCUT2D eigenvalue weighted by atomic mass is 9.90. The molecule has 0 N–H and O–H groups in total. The van der Waals surface area contributed by atoms with Crippen molar-refractivity contribution in [3.63, 3.8) is 0 Å². The van der Waals surface area contributed by atoms with Crippen LogP contribution in [0.1, 0.15) is 54.3 Å². The Bertz CT molecular complexity index is 1140. The Labute approximate surface area is 157 Å². The molecular weight excluding hydrogens is 340 g/mol. The molecule has 4 rings (SSSR count). The first-order valence-corrected chi connectivity index (χ1v) is 10.8. The first-order valence-electron chi connectivity index (χ1n) is 9.13. The number of hydrogen-bond acceptors (Lipinski definition) is 2. The van der Waals surface area contributed by atoms with E-state index in [9.17, 15) is 0 Å². The van der Waals surface area contributed by atoms with Crippen LogP contribution in [-0.4, -0.2) is 0 Å². The van der Waals surface area contributed by atoms with Crippen LogP contribution in [-0.2, 0) is 0 Å². The van der Waals surface area contributed by atoms with Gasteiger partial charge in [0.15, 0.2) is 0 Å². The topological polar surface area (TPSA) is 0 Å². The summed E-state index contributed by atoms with van der Waals surface area (Å²) in [5.74, 6) is 0.627. The minimum absolute atomic E-state index is 0.627. The van der Waals surface area contributed by atoms with Gasteiger partial charge in [-0.25, -0.2) is 0 Å². The van der Waals surface area contributed by atoms with E-state index in [1.165, 1.54) is 70.7 Å². The van der Waals surface area contributed by atoms with Gasteiger partial charge in [-0.15, -0.1) is 22.7 Å². The van der Waals surface area contributed by atoms with Gasteiger partial charge in [0.2, 0.25) is 0 Å². The molecule has 0 saturated carbocycles. The SMILES string of the molecule is C=Cc1c2c(C)sc3cccc(c4c(C(CC)CCC)sc(=C)c14)c32. The number of hydrogen-bond donors (Lipinski definition) is 0. The molecule has 0 fully saturated rings. The number of thiophene rings is 2. The zero-order valence-corrected chi connectivity index (χ0v) is 16.9. The second kappa shape index (κ2) is 6.26. The Morgan fingerprint density at radius 3 is 2.56 bits per heavy atom. The van der Waals surface area contributed by atoms with Crippen molar-refractivity contribution in [2.45, 2.75) is 46.0 Å². The molecule has 0 aliphatic heterocycles. The Hall–Kier alpha value is -1.64. The number of benzene rings is 2. The van der Waals surface area contributed by atoms with Crippen molar-refractivity contribution >= 4 is 67.0 Å². The normalized spacial score (nSPS) is 13.2. The average Bonchev–Trinajstić information content (AvgIpc) is 3.13. The van der Waals surface area contributed by atoms with Crippen LogP contribution in [0.2, 0.25) is 0 Å². The quantitative estimate of drug-likeness (QED) is 0.341. The maximum absolute atomic E-state index is 4.43. The first-order chi connectivity index (χ1) is 12.1. The second-order valence-corrected chi connectivity index (χ2v) is 9.26. The van der Waals surface area contributed by atoms with E-state index in [0.29, 0.717) is 5.92 Å². The van der Waals surface area contributed by atoms with Crippen molar-refractivity contribution in [1.29, 1.82) is 0 Å². The molecule has 0 aliphatic carbocycles. The highest BCUT2D eigenvalue weighted by Crippen LogP contribution is 2.46. The molecule has 0 amide bonds. The van der Waals surface area contributed by atoms with Gasteiger partial charge in [-0.3, -0.25) is 0 Å². The lowest BCUT2D eigenvalue weighted by Gasteiger charge is -2.15. The van der Waals surface area contributed by atoms with Gasteiger partial charge in [0.05, 0.1) is 0 Å². The fourth-order valence-corrected chi connectivity index (χ4v) is 6.78. The second-order valence-electron chi connectivity index (χ2n) is 6.86. The predicted octanol–water partition coefficient (Wildman–Crippen LogP) is 7.64. The molecule has 1 atom stereocenters. The molecule has 4 aromatic rings. The lowest BCUT2D eigenvalue weighted by Crippen LogP contribution is -1.95. The molecule has 2 heterocycles. The van der Waals surface area contributed by atoms with Crippen LogP contribution in [0.25, 0.3) is 44.3 Å². The Morgan fingerprint density at radius 2 is 1.88 bits per heavy atom. The Balaban J connectivity index is 2.28. The average molecular weight is 365 g/mol. The molecule has 0 aliphatic rings. The van der Waals surface area contributed by atoms with Gasteiger partial charge in [-0.1, -0.05) is 51.6 Å². The molecular formula is C23H24S2. The van der Waals surface area contributed by atoms with Crippen molar-refractivity contribution in [2.75, 3.05) is 0 Å². The molecule has 1 unspecified atom stereocenters. The van der Waals surface area contributed by atoms with Gasteiger partial charge in [0.25, 0.3) is 0 Å². The fourth-order valence-electron chi connectivity index (χ4n) is 4.33. The minimum atomic E-state index is 0.627. The Morgan fingerprint density at radius 1 is 1.08 bits per heavy atom. The summed E-state index contributed by atoms with van der Waals surface area (Å²) in [7, 11) is 0. The smallest absolute Gasteiger partial charge is 0.0358 e. The monoisotopic (exact) mass is 364 g/mol. The third-order valence-corrected chi connectivity index (χ3v) is 7.69. The third kappa shape index (κ3) is 2.31. The minimum Gasteiger partial charge on any atom is -0.140 e. The van der Waals surface area contributed by atoms with Gasteiger partial charge < -0.3 is 0 Å². The summed E-state index contributed by atoms with van der Waals surface area (Å²) in [6.45, 7) is 15.4. The first kappa shape index (κ1) is 16.8. The largest absolute Gasteiger partial charge is 0.140 e. The van der Waals surface area contributed by atoms with E-state index in [0.717, 1.165) is 0 Å². The molecule has 2 heteroatoms. The van der Waals surface area contributed by atoms with Crippen LogP contribution in [0.5, 0.6) is 0 Å². The summed E-state index contributed by atoms with van der Waals surface area (Å²) in [5, 5.41) is 7.01. The van der Waals surface area contributed by atoms with Crippen LogP contribution in [0, 0.1) is 6.92 Å². The van der Waals surface area contributed by atoms with E-state index in [1.54, 1.807) is 0 Å². The molecule has 0 bridgehead atoms. The van der Waals surface area contributed by atoms with E-state index in [4.69, 9.17) is 0 Å². The summed E-state index contributed by atoms with van der Waals surface area (Å²) in [5.41, 5.74) is 1.29. The van der Waals surface area contributed by atoms with Crippen LogP contribution >= 0.6 is 22.7 Å².